The summed E-state index contributed by atoms with van der Waals surface area (Å²) in [5, 5.41) is 11.4. The number of hydrogen-bond acceptors (Lipinski definition) is 6. The molecular weight excluding hydrogens is 591 g/mol. The van der Waals surface area contributed by atoms with Crippen molar-refractivity contribution in [3.63, 3.8) is 0 Å². The minimum Gasteiger partial charge on any atom is -0.494 e. The number of alkyl halides is 3. The molecule has 230 valence electrons. The molecular formula is C32H32F3N5O3S. The van der Waals surface area contributed by atoms with Crippen LogP contribution in [0.5, 0.6) is 5.75 Å². The number of aryl methyl sites for hydroxylation is 1. The lowest BCUT2D eigenvalue weighted by atomic mass is 10.0. The number of carbonyl (C=O) groups excluding carboxylic acids is 2. The molecule has 0 spiro atoms. The van der Waals surface area contributed by atoms with Gasteiger partial charge in [-0.2, -0.15) is 13.2 Å². The molecule has 0 saturated carbocycles. The summed E-state index contributed by atoms with van der Waals surface area (Å²) in [6, 6.07) is 19.2. The van der Waals surface area contributed by atoms with Gasteiger partial charge in [-0.1, -0.05) is 49.4 Å². The lowest BCUT2D eigenvalue weighted by molar-refractivity contribution is -0.137. The van der Waals surface area contributed by atoms with E-state index in [0.717, 1.165) is 60.8 Å². The molecule has 2 amide bonds. The van der Waals surface area contributed by atoms with Gasteiger partial charge in [-0.05, 0) is 73.4 Å². The van der Waals surface area contributed by atoms with Crippen LogP contribution in [0.15, 0.2) is 78.0 Å². The third kappa shape index (κ3) is 7.42. The monoisotopic (exact) mass is 623 g/mol. The zero-order valence-corrected chi connectivity index (χ0v) is 25.0. The Balaban J connectivity index is 1.34. The molecule has 1 aromatic heterocycles. The number of ether oxygens (including phenoxy) is 1. The van der Waals surface area contributed by atoms with Crippen molar-refractivity contribution in [3.8, 4) is 11.4 Å². The largest absolute Gasteiger partial charge is 0.494 e. The number of amides is 2. The molecule has 12 heteroatoms. The van der Waals surface area contributed by atoms with Gasteiger partial charge in [0.2, 0.25) is 5.91 Å². The average Bonchev–Trinajstić information content (AvgIpc) is 3.45. The maximum absolute atomic E-state index is 13.6. The van der Waals surface area contributed by atoms with Crippen LogP contribution in [-0.2, 0) is 23.9 Å². The van der Waals surface area contributed by atoms with Crippen LogP contribution in [0.25, 0.3) is 5.69 Å². The van der Waals surface area contributed by atoms with Crippen LogP contribution in [0.1, 0.15) is 53.5 Å². The Labute approximate surface area is 257 Å². The Kier molecular flexibility index (Phi) is 9.89. The van der Waals surface area contributed by atoms with Crippen molar-refractivity contribution in [1.82, 2.24) is 20.1 Å². The Morgan fingerprint density at radius 3 is 2.59 bits per heavy atom. The van der Waals surface area contributed by atoms with Gasteiger partial charge in [0.05, 0.1) is 30.2 Å². The highest BCUT2D eigenvalue weighted by atomic mass is 32.2. The molecule has 4 aromatic rings. The number of benzene rings is 3. The van der Waals surface area contributed by atoms with Crippen LogP contribution in [0.4, 0.5) is 18.9 Å². The van der Waals surface area contributed by atoms with E-state index in [1.807, 2.05) is 24.3 Å². The van der Waals surface area contributed by atoms with Crippen LogP contribution in [0.3, 0.4) is 0 Å². The second-order valence-electron chi connectivity index (χ2n) is 10.3. The third-order valence-electron chi connectivity index (χ3n) is 7.16. The Hall–Kier alpha value is -4.32. The number of fused-ring (bicyclic) bond motifs is 1. The van der Waals surface area contributed by atoms with E-state index in [0.29, 0.717) is 24.5 Å². The van der Waals surface area contributed by atoms with Gasteiger partial charge in [-0.25, -0.2) is 0 Å². The number of hydrogen-bond donors (Lipinski definition) is 1. The van der Waals surface area contributed by atoms with Crippen LogP contribution >= 0.6 is 11.8 Å². The van der Waals surface area contributed by atoms with Gasteiger partial charge < -0.3 is 15.0 Å². The fraction of sp³-hybridized carbons (Fsp3) is 0.312. The Morgan fingerprint density at radius 1 is 1.02 bits per heavy atom. The number of rotatable bonds is 11. The molecule has 0 bridgehead atoms. The van der Waals surface area contributed by atoms with Crippen LogP contribution in [0, 0.1) is 0 Å². The molecule has 0 fully saturated rings. The van der Waals surface area contributed by atoms with Crippen LogP contribution in [-0.4, -0.2) is 45.5 Å². The zero-order chi connectivity index (χ0) is 31.1. The quantitative estimate of drug-likeness (QED) is 0.152. The number of unbranched alkanes of at least 4 members (excludes halogenated alkanes) is 1. The highest BCUT2D eigenvalue weighted by molar-refractivity contribution is 7.99. The van der Waals surface area contributed by atoms with Crippen molar-refractivity contribution in [2.75, 3.05) is 23.8 Å². The number of aromatic nitrogens is 3. The van der Waals surface area contributed by atoms with E-state index in [1.54, 1.807) is 29.2 Å². The molecule has 1 aliphatic rings. The molecule has 3 aromatic carbocycles. The maximum Gasteiger partial charge on any atom is 0.416 e. The first-order valence-corrected chi connectivity index (χ1v) is 15.4. The molecule has 8 nitrogen and oxygen atoms in total. The van der Waals surface area contributed by atoms with E-state index in [9.17, 15) is 22.8 Å². The Bertz CT molecular complexity index is 1610. The minimum absolute atomic E-state index is 0.00443. The predicted octanol–water partition coefficient (Wildman–Crippen LogP) is 6.47. The summed E-state index contributed by atoms with van der Waals surface area (Å²) in [4.78, 5) is 27.9. The van der Waals surface area contributed by atoms with E-state index in [1.165, 1.54) is 16.7 Å². The highest BCUT2D eigenvalue weighted by Gasteiger charge is 2.31. The number of anilines is 1. The van der Waals surface area contributed by atoms with Crippen molar-refractivity contribution in [1.29, 1.82) is 0 Å². The Morgan fingerprint density at radius 2 is 1.82 bits per heavy atom. The van der Waals surface area contributed by atoms with Gasteiger partial charge in [0.1, 0.15) is 5.75 Å². The SMILES string of the molecule is CCCCOc1ccc(C(=O)NCc2nnc(SCC(=O)N3CCCc4ccccc43)n2-c2cccc(C(F)(F)F)c2)cc1. The van der Waals surface area contributed by atoms with Crippen molar-refractivity contribution < 1.29 is 27.5 Å². The lowest BCUT2D eigenvalue weighted by Crippen LogP contribution is -2.36. The predicted molar refractivity (Wildman–Crippen MR) is 162 cm³/mol. The zero-order valence-electron chi connectivity index (χ0n) is 24.1. The highest BCUT2D eigenvalue weighted by Crippen LogP contribution is 2.32. The molecule has 0 radical (unpaired) electrons. The second-order valence-corrected chi connectivity index (χ2v) is 11.2. The van der Waals surface area contributed by atoms with E-state index >= 15 is 0 Å². The maximum atomic E-state index is 13.6. The fourth-order valence-electron chi connectivity index (χ4n) is 4.88. The molecule has 0 atom stereocenters. The van der Waals surface area contributed by atoms with Crippen molar-refractivity contribution in [3.05, 3.63) is 95.3 Å². The van der Waals surface area contributed by atoms with Gasteiger partial charge in [0.15, 0.2) is 11.0 Å². The van der Waals surface area contributed by atoms with E-state index < -0.39 is 17.6 Å². The van der Waals surface area contributed by atoms with Gasteiger partial charge in [0.25, 0.3) is 5.91 Å². The van der Waals surface area contributed by atoms with Crippen molar-refractivity contribution >= 4 is 29.3 Å². The molecule has 2 heterocycles. The van der Waals surface area contributed by atoms with Crippen LogP contribution < -0.4 is 15.0 Å². The third-order valence-corrected chi connectivity index (χ3v) is 8.07. The summed E-state index contributed by atoms with van der Waals surface area (Å²) < 4.78 is 47.9. The summed E-state index contributed by atoms with van der Waals surface area (Å²) in [6.45, 7) is 3.13. The summed E-state index contributed by atoms with van der Waals surface area (Å²) in [5.74, 6) is 0.346. The normalized spacial score (nSPS) is 13.0. The molecule has 0 aliphatic carbocycles. The molecule has 44 heavy (non-hydrogen) atoms. The molecule has 1 aliphatic heterocycles. The summed E-state index contributed by atoms with van der Waals surface area (Å²) in [5.41, 5.74) is 1.69. The number of nitrogens with zero attached hydrogens (tertiary/aromatic N) is 4. The minimum atomic E-state index is -4.56. The molecule has 0 saturated heterocycles. The number of halogens is 3. The average molecular weight is 624 g/mol. The van der Waals surface area contributed by atoms with Gasteiger partial charge in [0, 0.05) is 17.8 Å². The summed E-state index contributed by atoms with van der Waals surface area (Å²) in [7, 11) is 0. The topological polar surface area (TPSA) is 89.3 Å². The summed E-state index contributed by atoms with van der Waals surface area (Å²) in [6.07, 6.45) is -0.893. The lowest BCUT2D eigenvalue weighted by Gasteiger charge is -2.29. The van der Waals surface area contributed by atoms with E-state index in [-0.39, 0.29) is 34.9 Å². The number of para-hydroxylation sites is 1. The first kappa shape index (κ1) is 31.1. The molecule has 5 rings (SSSR count). The van der Waals surface area contributed by atoms with Crippen molar-refractivity contribution in [2.45, 2.75) is 50.5 Å². The first-order valence-electron chi connectivity index (χ1n) is 14.4. The van der Waals surface area contributed by atoms with Gasteiger partial charge in [-0.15, -0.1) is 10.2 Å². The number of nitrogens with one attached hydrogen (secondary N) is 1. The second kappa shape index (κ2) is 14.0. The van der Waals surface area contributed by atoms with Crippen molar-refractivity contribution in [2.24, 2.45) is 0 Å². The van der Waals surface area contributed by atoms with E-state index in [4.69, 9.17) is 4.74 Å². The van der Waals surface area contributed by atoms with E-state index in [2.05, 4.69) is 22.4 Å². The number of carbonyl (C=O) groups is 2. The van der Waals surface area contributed by atoms with Gasteiger partial charge >= 0.3 is 6.18 Å². The van der Waals surface area contributed by atoms with Crippen LogP contribution in [0.2, 0.25) is 0 Å². The van der Waals surface area contributed by atoms with Gasteiger partial charge in [-0.3, -0.25) is 14.2 Å². The smallest absolute Gasteiger partial charge is 0.416 e. The molecule has 1 N–H and O–H groups in total. The summed E-state index contributed by atoms with van der Waals surface area (Å²) >= 11 is 1.08. The number of thioether (sulfide) groups is 1. The first-order chi connectivity index (χ1) is 21.2. The standard InChI is InChI=1S/C32H32F3N5O3S/c1-2-3-18-43-26-15-13-23(14-16-26)30(42)36-20-28-37-38-31(40(28)25-11-6-10-24(19-25)32(33,34)35)44-21-29(41)39-17-7-9-22-8-4-5-12-27(22)39/h4-6,8,10-16,19H,2-3,7,9,17-18,20-21H2,1H3,(H,36,42). The fourth-order valence-corrected chi connectivity index (χ4v) is 5.73. The molecule has 0 unspecified atom stereocenters.